The summed E-state index contributed by atoms with van der Waals surface area (Å²) in [5, 5.41) is 6.61. The van der Waals surface area contributed by atoms with E-state index in [1.54, 1.807) is 25.0 Å². The van der Waals surface area contributed by atoms with Crippen LogP contribution in [0, 0.1) is 18.3 Å². The maximum absolute atomic E-state index is 14.8. The number of nitrogens with zero attached hydrogens (tertiary/aromatic N) is 3. The Labute approximate surface area is 341 Å². The number of carbonyl (C=O) groups is 4. The average Bonchev–Trinajstić information content (AvgIpc) is 4.02. The van der Waals surface area contributed by atoms with Gasteiger partial charge in [0.2, 0.25) is 27.7 Å². The van der Waals surface area contributed by atoms with E-state index in [1.807, 2.05) is 45.1 Å². The summed E-state index contributed by atoms with van der Waals surface area (Å²) in [7, 11) is -2.41. The molecule has 2 aliphatic carbocycles. The number of ether oxygens (including phenoxy) is 3. The molecule has 2 saturated heterocycles. The van der Waals surface area contributed by atoms with E-state index in [4.69, 9.17) is 19.2 Å². The zero-order valence-electron chi connectivity index (χ0n) is 34.7. The highest BCUT2D eigenvalue weighted by Gasteiger charge is 2.63. The summed E-state index contributed by atoms with van der Waals surface area (Å²) in [5.74, 6) is -0.826. The molecule has 7 rings (SSSR count). The first-order valence-electron chi connectivity index (χ1n) is 20.6. The summed E-state index contributed by atoms with van der Waals surface area (Å²) in [6, 6.07) is 3.02. The Morgan fingerprint density at radius 1 is 1.05 bits per heavy atom. The van der Waals surface area contributed by atoms with Crippen molar-refractivity contribution in [1.29, 1.82) is 0 Å². The van der Waals surface area contributed by atoms with Gasteiger partial charge in [-0.15, -0.1) is 0 Å². The van der Waals surface area contributed by atoms with Crippen molar-refractivity contribution in [3.8, 4) is 17.4 Å². The quantitative estimate of drug-likeness (QED) is 0.304. The maximum atomic E-state index is 14.8. The number of aryl methyl sites for hydroxylation is 1. The lowest BCUT2D eigenvalue weighted by Crippen LogP contribution is -2.62. The first-order valence-corrected chi connectivity index (χ1v) is 22.1. The number of allylic oxidation sites excluding steroid dienone is 1. The molecule has 15 nitrogen and oxygen atoms in total. The van der Waals surface area contributed by atoms with Gasteiger partial charge in [0.15, 0.2) is 0 Å². The number of rotatable bonds is 9. The summed E-state index contributed by atoms with van der Waals surface area (Å²) in [6.45, 7) is 12.6. The number of benzene rings is 1. The smallest absolute Gasteiger partial charge is 0.318 e. The molecule has 316 valence electrons. The first-order chi connectivity index (χ1) is 27.3. The Hall–Kier alpha value is -4.60. The number of hydrogen-bond donors (Lipinski definition) is 3. The van der Waals surface area contributed by atoms with Crippen LogP contribution in [0.2, 0.25) is 0 Å². The number of likely N-dealkylation sites (tertiary alicyclic amines) is 1. The number of pyridine rings is 1. The third-order valence-electron chi connectivity index (χ3n) is 12.3. The molecule has 3 N–H and O–H groups in total. The highest BCUT2D eigenvalue weighted by atomic mass is 32.2. The van der Waals surface area contributed by atoms with Crippen molar-refractivity contribution < 1.29 is 41.8 Å². The fraction of sp³-hybridized carbons (Fsp3) is 0.643. The van der Waals surface area contributed by atoms with Crippen molar-refractivity contribution in [2.45, 2.75) is 134 Å². The number of urea groups is 1. The Kier molecular flexibility index (Phi) is 11.1. The second-order valence-corrected chi connectivity index (χ2v) is 20.3. The number of hydrogen-bond acceptors (Lipinski definition) is 10. The molecule has 58 heavy (non-hydrogen) atoms. The molecule has 1 aromatic carbocycles. The second kappa shape index (κ2) is 15.5. The topological polar surface area (TPSA) is 186 Å². The monoisotopic (exact) mass is 822 g/mol. The number of carbonyl (C=O) groups excluding carboxylic acids is 4. The molecule has 2 aromatic rings. The van der Waals surface area contributed by atoms with Gasteiger partial charge in [-0.3, -0.25) is 19.1 Å². The van der Waals surface area contributed by atoms with E-state index in [-0.39, 0.29) is 36.9 Å². The normalized spacial score (nSPS) is 27.9. The molecular formula is C42H58N6O9S. The summed E-state index contributed by atoms with van der Waals surface area (Å²) >= 11 is 0. The Morgan fingerprint density at radius 3 is 2.47 bits per heavy atom. The fourth-order valence-electron chi connectivity index (χ4n) is 8.47. The lowest BCUT2D eigenvalue weighted by atomic mass is 9.85. The lowest BCUT2D eigenvalue weighted by Gasteiger charge is -2.46. The first kappa shape index (κ1) is 41.6. The summed E-state index contributed by atoms with van der Waals surface area (Å²) in [6.07, 6.45) is 7.49. The van der Waals surface area contributed by atoms with Gasteiger partial charge in [-0.05, 0) is 78.4 Å². The van der Waals surface area contributed by atoms with E-state index in [0.29, 0.717) is 73.5 Å². The van der Waals surface area contributed by atoms with Gasteiger partial charge in [0.25, 0.3) is 5.91 Å². The molecule has 3 aliphatic heterocycles. The van der Waals surface area contributed by atoms with E-state index in [9.17, 15) is 27.6 Å². The van der Waals surface area contributed by atoms with E-state index >= 15 is 0 Å². The number of aromatic nitrogens is 1. The van der Waals surface area contributed by atoms with Crippen LogP contribution in [0.15, 0.2) is 30.4 Å². The van der Waals surface area contributed by atoms with Crippen LogP contribution >= 0.6 is 0 Å². The van der Waals surface area contributed by atoms with E-state index in [0.717, 1.165) is 18.4 Å². The third-order valence-corrected chi connectivity index (χ3v) is 14.5. The second-order valence-electron chi connectivity index (χ2n) is 18.1. The molecule has 0 bridgehead atoms. The minimum atomic E-state index is -3.99. The van der Waals surface area contributed by atoms with Crippen molar-refractivity contribution >= 4 is 44.7 Å². The minimum Gasteiger partial charge on any atom is -0.496 e. The summed E-state index contributed by atoms with van der Waals surface area (Å²) in [4.78, 5) is 64.7. The molecule has 2 saturated carbocycles. The predicted molar refractivity (Wildman–Crippen MR) is 217 cm³/mol. The van der Waals surface area contributed by atoms with Gasteiger partial charge in [-0.2, -0.15) is 0 Å². The maximum Gasteiger partial charge on any atom is 0.318 e. The van der Waals surface area contributed by atoms with Gasteiger partial charge in [0.1, 0.15) is 35.2 Å². The van der Waals surface area contributed by atoms with Crippen molar-refractivity contribution in [3.05, 3.63) is 35.9 Å². The summed E-state index contributed by atoms with van der Waals surface area (Å²) < 4.78 is 46.0. The van der Waals surface area contributed by atoms with Gasteiger partial charge >= 0.3 is 6.03 Å². The van der Waals surface area contributed by atoms with Gasteiger partial charge in [0.05, 0.1) is 30.0 Å². The number of fused-ring (bicyclic) bond motifs is 3. The van der Waals surface area contributed by atoms with Crippen LogP contribution in [-0.4, -0.2) is 108 Å². The van der Waals surface area contributed by atoms with Gasteiger partial charge < -0.3 is 34.6 Å². The molecule has 4 heterocycles. The van der Waals surface area contributed by atoms with E-state index in [1.165, 1.54) is 4.90 Å². The van der Waals surface area contributed by atoms with E-state index in [2.05, 4.69) is 29.2 Å². The number of nitrogens with one attached hydrogen (secondary N) is 3. The Bertz CT molecular complexity index is 2110. The molecule has 5 amide bonds. The summed E-state index contributed by atoms with van der Waals surface area (Å²) in [5.41, 5.74) is -0.134. The molecule has 5 atom stereocenters. The molecule has 0 radical (unpaired) electrons. The molecule has 16 heteroatoms. The number of sulfonamides is 1. The van der Waals surface area contributed by atoms with Gasteiger partial charge in [-0.1, -0.05) is 38.8 Å². The average molecular weight is 823 g/mol. The predicted octanol–water partition coefficient (Wildman–Crippen LogP) is 4.50. The number of methoxy groups -OCH3 is 1. The largest absolute Gasteiger partial charge is 0.496 e. The van der Waals surface area contributed by atoms with Crippen molar-refractivity contribution in [2.75, 3.05) is 26.7 Å². The third kappa shape index (κ3) is 8.30. The van der Waals surface area contributed by atoms with Crippen LogP contribution in [0.4, 0.5) is 4.79 Å². The van der Waals surface area contributed by atoms with E-state index < -0.39 is 62.1 Å². The lowest BCUT2D eigenvalue weighted by molar-refractivity contribution is -0.141. The SMILES string of the molecule is COc1ccc2c(O[C@@H]3C[C@H]4C(=O)N[C@]5(C(=O)NS(=O)(=O)C6(C)CC6)C[C@H]5C=CCCCCC[C@H](NC(=O)N5CC(C)(C)C5)C(=O)N4C3)cc(OC(C)C)nc2c1C. The fourth-order valence-corrected chi connectivity index (χ4v) is 9.79. The van der Waals surface area contributed by atoms with Crippen LogP contribution in [0.3, 0.4) is 0 Å². The van der Waals surface area contributed by atoms with Crippen molar-refractivity contribution in [3.63, 3.8) is 0 Å². The molecule has 1 aromatic heterocycles. The Balaban J connectivity index is 1.22. The van der Waals surface area contributed by atoms with Crippen LogP contribution in [0.25, 0.3) is 10.9 Å². The molecule has 4 fully saturated rings. The highest BCUT2D eigenvalue weighted by Crippen LogP contribution is 2.48. The highest BCUT2D eigenvalue weighted by molar-refractivity contribution is 7.91. The van der Waals surface area contributed by atoms with Gasteiger partial charge in [-0.25, -0.2) is 18.2 Å². The standard InChI is InChI=1S/C42H58N6O9S/c1-25(2)56-34-20-33(29-15-16-32(55-7)26(3)35(29)44-34)57-28-19-31-36(49)45-42(38(51)46-58(53,54)41(6)17-18-41)21-27(42)13-11-9-8-10-12-14-30(37(50)48(31)22-28)43-39(52)47-23-40(4,5)24-47/h11,13,15-16,20,25,27-28,30-31H,8-10,12,14,17-19,21-24H2,1-7H3,(H,43,52)(H,45,49)(H,46,51)/t27-,28-,30+,31+,42-/m1/s1. The van der Waals surface area contributed by atoms with Crippen LogP contribution in [0.1, 0.15) is 98.0 Å². The Morgan fingerprint density at radius 2 is 1.79 bits per heavy atom. The minimum absolute atomic E-state index is 0.00855. The molecule has 0 spiro atoms. The van der Waals surface area contributed by atoms with Crippen molar-refractivity contribution in [1.82, 2.24) is 30.1 Å². The number of amides is 5. The van der Waals surface area contributed by atoms with Crippen LogP contribution in [0.5, 0.6) is 17.4 Å². The molecular weight excluding hydrogens is 765 g/mol. The molecule has 0 unspecified atom stereocenters. The van der Waals surface area contributed by atoms with Gasteiger partial charge in [0, 0.05) is 47.9 Å². The van der Waals surface area contributed by atoms with Crippen LogP contribution < -0.4 is 29.6 Å². The van der Waals surface area contributed by atoms with Crippen LogP contribution in [-0.2, 0) is 24.4 Å². The zero-order valence-corrected chi connectivity index (χ0v) is 35.5. The molecule has 5 aliphatic rings. The van der Waals surface area contributed by atoms with Crippen molar-refractivity contribution in [2.24, 2.45) is 11.3 Å². The zero-order chi connectivity index (χ0) is 41.8.